The largest absolute Gasteiger partial charge is 0.416 e. The first-order valence-electron chi connectivity index (χ1n) is 5.71. The Balaban J connectivity index is 1.99. The molecule has 17 heavy (non-hydrogen) atoms. The maximum absolute atomic E-state index is 12.6. The smallest absolute Gasteiger partial charge is 0.365 e. The molecule has 1 aromatic rings. The first kappa shape index (κ1) is 11.0. The van der Waals surface area contributed by atoms with Crippen LogP contribution in [0.25, 0.3) is 0 Å². The van der Waals surface area contributed by atoms with Crippen molar-refractivity contribution in [1.82, 2.24) is 4.98 Å². The number of pyridine rings is 1. The average molecular weight is 243 g/mol. The minimum atomic E-state index is -4.31. The molecule has 2 bridgehead atoms. The zero-order valence-corrected chi connectivity index (χ0v) is 9.13. The van der Waals surface area contributed by atoms with Crippen molar-refractivity contribution in [3.05, 3.63) is 29.6 Å². The lowest BCUT2D eigenvalue weighted by Crippen LogP contribution is -2.23. The Kier molecular flexibility index (Phi) is 2.23. The van der Waals surface area contributed by atoms with Crippen molar-refractivity contribution in [3.8, 4) is 0 Å². The van der Waals surface area contributed by atoms with Gasteiger partial charge in [0, 0.05) is 6.20 Å². The summed E-state index contributed by atoms with van der Waals surface area (Å²) in [7, 11) is 0. The molecule has 0 spiro atoms. The number of alkyl halides is 3. The van der Waals surface area contributed by atoms with Gasteiger partial charge in [-0.05, 0) is 37.8 Å². The summed E-state index contributed by atoms with van der Waals surface area (Å²) in [4.78, 5) is 4.08. The zero-order valence-electron chi connectivity index (χ0n) is 9.13. The first-order chi connectivity index (χ1) is 8.00. The van der Waals surface area contributed by atoms with Gasteiger partial charge >= 0.3 is 6.18 Å². The van der Waals surface area contributed by atoms with E-state index in [2.05, 4.69) is 4.98 Å². The second-order valence-electron chi connectivity index (χ2n) is 4.74. The lowest BCUT2D eigenvalue weighted by Gasteiger charge is -2.24. The van der Waals surface area contributed by atoms with Crippen molar-refractivity contribution in [1.29, 1.82) is 0 Å². The fraction of sp³-hybridized carbons (Fsp3) is 0.583. The van der Waals surface area contributed by atoms with E-state index >= 15 is 0 Å². The topological polar surface area (TPSA) is 22.1 Å². The molecule has 0 aromatic carbocycles. The van der Waals surface area contributed by atoms with E-state index in [-0.39, 0.29) is 6.10 Å². The molecule has 2 fully saturated rings. The van der Waals surface area contributed by atoms with Crippen molar-refractivity contribution in [2.45, 2.75) is 43.6 Å². The van der Waals surface area contributed by atoms with Crippen molar-refractivity contribution in [2.24, 2.45) is 0 Å². The van der Waals surface area contributed by atoms with Gasteiger partial charge in [0.2, 0.25) is 0 Å². The van der Waals surface area contributed by atoms with Crippen LogP contribution in [0.3, 0.4) is 0 Å². The minimum absolute atomic E-state index is 0.214. The van der Waals surface area contributed by atoms with Gasteiger partial charge in [-0.25, -0.2) is 0 Å². The molecule has 1 aromatic heterocycles. The number of fused-ring (bicyclic) bond motifs is 2. The van der Waals surface area contributed by atoms with E-state index < -0.39 is 17.3 Å². The van der Waals surface area contributed by atoms with Crippen LogP contribution in [-0.4, -0.2) is 11.1 Å². The molecule has 2 aliphatic rings. The third kappa shape index (κ3) is 1.73. The summed E-state index contributed by atoms with van der Waals surface area (Å²) in [5.41, 5.74) is -0.755. The summed E-state index contributed by atoms with van der Waals surface area (Å²) in [6, 6.07) is 2.13. The van der Waals surface area contributed by atoms with Crippen molar-refractivity contribution in [2.75, 3.05) is 0 Å². The fourth-order valence-electron chi connectivity index (χ4n) is 2.78. The summed E-state index contributed by atoms with van der Waals surface area (Å²) >= 11 is 0. The molecule has 0 radical (unpaired) electrons. The Labute approximate surface area is 96.8 Å². The Hall–Kier alpha value is -1.10. The monoisotopic (exact) mass is 243 g/mol. The van der Waals surface area contributed by atoms with E-state index in [0.717, 1.165) is 37.8 Å². The Bertz CT molecular complexity index is 436. The number of aromatic nitrogens is 1. The highest BCUT2D eigenvalue weighted by Crippen LogP contribution is 2.50. The number of halogens is 3. The van der Waals surface area contributed by atoms with Crippen LogP contribution in [0.5, 0.6) is 0 Å². The molecular formula is C12H12F3NO. The number of rotatable bonds is 1. The molecule has 2 nitrogen and oxygen atoms in total. The molecule has 0 amide bonds. The van der Waals surface area contributed by atoms with E-state index in [0.29, 0.717) is 5.69 Å². The van der Waals surface area contributed by atoms with Gasteiger partial charge in [0.1, 0.15) is 5.60 Å². The van der Waals surface area contributed by atoms with E-state index in [1.54, 1.807) is 0 Å². The normalized spacial score (nSPS) is 32.1. The zero-order chi connectivity index (χ0) is 12.1. The second-order valence-corrected chi connectivity index (χ2v) is 4.74. The van der Waals surface area contributed by atoms with Crippen molar-refractivity contribution in [3.63, 3.8) is 0 Å². The molecule has 2 aliphatic heterocycles. The molecule has 0 aliphatic carbocycles. The Morgan fingerprint density at radius 3 is 2.53 bits per heavy atom. The van der Waals surface area contributed by atoms with Crippen LogP contribution in [0.4, 0.5) is 13.2 Å². The van der Waals surface area contributed by atoms with Gasteiger partial charge in [-0.2, -0.15) is 13.2 Å². The van der Waals surface area contributed by atoms with Gasteiger partial charge in [0.25, 0.3) is 0 Å². The average Bonchev–Trinajstić information content (AvgIpc) is 2.89. The van der Waals surface area contributed by atoms with Gasteiger partial charge < -0.3 is 4.74 Å². The third-order valence-electron chi connectivity index (χ3n) is 3.69. The van der Waals surface area contributed by atoms with Crippen molar-refractivity contribution < 1.29 is 17.9 Å². The molecular weight excluding hydrogens is 231 g/mol. The van der Waals surface area contributed by atoms with Crippen molar-refractivity contribution >= 4 is 0 Å². The third-order valence-corrected chi connectivity index (χ3v) is 3.69. The predicted octanol–water partition coefficient (Wildman–Crippen LogP) is 3.27. The molecule has 0 saturated carbocycles. The van der Waals surface area contributed by atoms with Crippen LogP contribution in [0.15, 0.2) is 18.3 Å². The standard InChI is InChI=1S/C12H12F3NO/c13-12(14,15)8-3-6-16-10(7-8)11-4-1-9(17-11)2-5-11/h3,6-7,9H,1-2,4-5H2. The lowest BCUT2D eigenvalue weighted by atomic mass is 9.85. The van der Waals surface area contributed by atoms with E-state index in [1.807, 2.05) is 0 Å². The number of nitrogens with zero attached hydrogens (tertiary/aromatic N) is 1. The highest BCUT2D eigenvalue weighted by Gasteiger charge is 2.48. The van der Waals surface area contributed by atoms with Gasteiger partial charge in [-0.3, -0.25) is 4.98 Å². The lowest BCUT2D eigenvalue weighted by molar-refractivity contribution is -0.137. The molecule has 3 heterocycles. The van der Waals surface area contributed by atoms with E-state index in [4.69, 9.17) is 4.74 Å². The van der Waals surface area contributed by atoms with E-state index in [1.165, 1.54) is 6.20 Å². The SMILES string of the molecule is FC(F)(F)c1ccnc(C23CCC(CC2)O3)c1. The van der Waals surface area contributed by atoms with Crippen LogP contribution in [0.2, 0.25) is 0 Å². The van der Waals surface area contributed by atoms with Gasteiger partial charge in [0.15, 0.2) is 0 Å². The van der Waals surface area contributed by atoms with E-state index in [9.17, 15) is 13.2 Å². The van der Waals surface area contributed by atoms with Crippen LogP contribution in [-0.2, 0) is 16.5 Å². The van der Waals surface area contributed by atoms with Gasteiger partial charge in [-0.15, -0.1) is 0 Å². The summed E-state index contributed by atoms with van der Waals surface area (Å²) in [5.74, 6) is 0. The molecule has 0 atom stereocenters. The summed E-state index contributed by atoms with van der Waals surface area (Å²) in [5, 5.41) is 0. The molecule has 0 N–H and O–H groups in total. The predicted molar refractivity (Wildman–Crippen MR) is 54.3 cm³/mol. The molecule has 2 saturated heterocycles. The van der Waals surface area contributed by atoms with Crippen LogP contribution in [0, 0.1) is 0 Å². The van der Waals surface area contributed by atoms with Gasteiger partial charge in [-0.1, -0.05) is 0 Å². The number of ether oxygens (including phenoxy) is 1. The molecule has 3 rings (SSSR count). The Morgan fingerprint density at radius 1 is 1.29 bits per heavy atom. The van der Waals surface area contributed by atoms with Crippen LogP contribution >= 0.6 is 0 Å². The Morgan fingerprint density at radius 2 is 2.00 bits per heavy atom. The highest BCUT2D eigenvalue weighted by atomic mass is 19.4. The summed E-state index contributed by atoms with van der Waals surface area (Å²) < 4.78 is 43.7. The maximum Gasteiger partial charge on any atom is 0.416 e. The molecule has 92 valence electrons. The number of hydrogen-bond acceptors (Lipinski definition) is 2. The highest BCUT2D eigenvalue weighted by molar-refractivity contribution is 5.25. The maximum atomic E-state index is 12.6. The van der Waals surface area contributed by atoms with Gasteiger partial charge in [0.05, 0.1) is 17.4 Å². The summed E-state index contributed by atoms with van der Waals surface area (Å²) in [6.45, 7) is 0. The first-order valence-corrected chi connectivity index (χ1v) is 5.71. The molecule has 5 heteroatoms. The fourth-order valence-corrected chi connectivity index (χ4v) is 2.78. The quantitative estimate of drug-likeness (QED) is 0.755. The minimum Gasteiger partial charge on any atom is -0.365 e. The van der Waals surface area contributed by atoms with Crippen LogP contribution in [0.1, 0.15) is 36.9 Å². The second kappa shape index (κ2) is 3.45. The number of hydrogen-bond donors (Lipinski definition) is 0. The molecule has 0 unspecified atom stereocenters. The van der Waals surface area contributed by atoms with Crippen LogP contribution < -0.4 is 0 Å². The summed E-state index contributed by atoms with van der Waals surface area (Å²) in [6.07, 6.45) is 0.548.